The maximum atomic E-state index is 12.7. The second-order valence-electron chi connectivity index (χ2n) is 7.23. The van der Waals surface area contributed by atoms with Crippen LogP contribution in [0.25, 0.3) is 0 Å². The van der Waals surface area contributed by atoms with Crippen molar-refractivity contribution in [1.82, 2.24) is 9.78 Å². The second-order valence-corrected chi connectivity index (χ2v) is 7.23. The molecule has 138 valence electrons. The molecule has 0 fully saturated rings. The maximum absolute atomic E-state index is 12.7. The van der Waals surface area contributed by atoms with E-state index in [1.807, 2.05) is 37.0 Å². The Morgan fingerprint density at radius 3 is 2.63 bits per heavy atom. The van der Waals surface area contributed by atoms with E-state index in [4.69, 9.17) is 0 Å². The van der Waals surface area contributed by atoms with Crippen LogP contribution in [0.5, 0.6) is 0 Å². The van der Waals surface area contributed by atoms with E-state index in [2.05, 4.69) is 45.6 Å². The van der Waals surface area contributed by atoms with Gasteiger partial charge in [-0.05, 0) is 60.2 Å². The number of nitrogens with one attached hydrogen (secondary N) is 1. The molecule has 0 spiro atoms. The lowest BCUT2D eigenvalue weighted by Gasteiger charge is -2.13. The molecule has 0 bridgehead atoms. The predicted molar refractivity (Wildman–Crippen MR) is 109 cm³/mol. The first kappa shape index (κ1) is 17.3. The van der Waals surface area contributed by atoms with Crippen LogP contribution in [0.15, 0.2) is 54.7 Å². The molecule has 1 amide bonds. The Kier molecular flexibility index (Phi) is 4.67. The molecule has 1 heterocycles. The summed E-state index contributed by atoms with van der Waals surface area (Å²) in [6.07, 6.45) is 5.08. The van der Waals surface area contributed by atoms with Crippen molar-refractivity contribution < 1.29 is 4.79 Å². The minimum absolute atomic E-state index is 0.0885. The molecule has 0 unspecified atom stereocenters. The first-order valence-corrected chi connectivity index (χ1v) is 9.31. The molecule has 5 nitrogen and oxygen atoms in total. The fourth-order valence-corrected chi connectivity index (χ4v) is 3.54. The molecule has 5 heteroatoms. The fourth-order valence-electron chi connectivity index (χ4n) is 3.54. The highest BCUT2D eigenvalue weighted by molar-refractivity contribution is 6.04. The molecule has 27 heavy (non-hydrogen) atoms. The van der Waals surface area contributed by atoms with Gasteiger partial charge in [-0.25, -0.2) is 4.68 Å². The average Bonchev–Trinajstić information content (AvgIpc) is 3.31. The Morgan fingerprint density at radius 2 is 1.85 bits per heavy atom. The summed E-state index contributed by atoms with van der Waals surface area (Å²) in [5.41, 5.74) is 5.68. The zero-order chi connectivity index (χ0) is 18.8. The molecule has 1 aliphatic carbocycles. The minimum Gasteiger partial charge on any atom is -0.378 e. The quantitative estimate of drug-likeness (QED) is 0.754. The largest absolute Gasteiger partial charge is 0.378 e. The van der Waals surface area contributed by atoms with Crippen LogP contribution in [0.1, 0.15) is 33.5 Å². The Morgan fingerprint density at radius 1 is 1.07 bits per heavy atom. The van der Waals surface area contributed by atoms with Gasteiger partial charge in [-0.2, -0.15) is 5.10 Å². The average molecular weight is 360 g/mol. The molecular formula is C22H24N4O. The fraction of sp³-hybridized carbons (Fsp3) is 0.273. The van der Waals surface area contributed by atoms with E-state index in [0.717, 1.165) is 24.1 Å². The molecular weight excluding hydrogens is 336 g/mol. The summed E-state index contributed by atoms with van der Waals surface area (Å²) in [7, 11) is 4.05. The van der Waals surface area contributed by atoms with Crippen molar-refractivity contribution in [3.05, 3.63) is 77.0 Å². The van der Waals surface area contributed by atoms with E-state index >= 15 is 0 Å². The summed E-state index contributed by atoms with van der Waals surface area (Å²) in [5.74, 6) is 0.617. The SMILES string of the molecule is CN(C)c1ccc(Cn2nccc2NC(=O)c2ccc3c(c2)CCC3)cc1. The van der Waals surface area contributed by atoms with Gasteiger partial charge in [0.15, 0.2) is 0 Å². The van der Waals surface area contributed by atoms with Gasteiger partial charge >= 0.3 is 0 Å². The first-order chi connectivity index (χ1) is 13.1. The Hall–Kier alpha value is -3.08. The summed E-state index contributed by atoms with van der Waals surface area (Å²) < 4.78 is 1.82. The molecule has 4 rings (SSSR count). The molecule has 0 radical (unpaired) electrons. The van der Waals surface area contributed by atoms with E-state index in [1.165, 1.54) is 17.5 Å². The molecule has 0 saturated heterocycles. The number of hydrogen-bond acceptors (Lipinski definition) is 3. The third-order valence-corrected chi connectivity index (χ3v) is 5.10. The number of benzene rings is 2. The van der Waals surface area contributed by atoms with Crippen molar-refractivity contribution in [3.63, 3.8) is 0 Å². The highest BCUT2D eigenvalue weighted by atomic mass is 16.1. The molecule has 0 aliphatic heterocycles. The number of rotatable bonds is 5. The molecule has 3 aromatic rings. The summed E-state index contributed by atoms with van der Waals surface area (Å²) >= 11 is 0. The van der Waals surface area contributed by atoms with E-state index in [-0.39, 0.29) is 5.91 Å². The van der Waals surface area contributed by atoms with Crippen LogP contribution in [-0.4, -0.2) is 29.8 Å². The van der Waals surface area contributed by atoms with E-state index in [0.29, 0.717) is 17.9 Å². The van der Waals surface area contributed by atoms with Crippen LogP contribution < -0.4 is 10.2 Å². The topological polar surface area (TPSA) is 50.2 Å². The second kappa shape index (κ2) is 7.27. The van der Waals surface area contributed by atoms with Gasteiger partial charge in [-0.15, -0.1) is 0 Å². The zero-order valence-electron chi connectivity index (χ0n) is 15.8. The highest BCUT2D eigenvalue weighted by Crippen LogP contribution is 2.23. The molecule has 0 atom stereocenters. The van der Waals surface area contributed by atoms with Crippen molar-refractivity contribution in [3.8, 4) is 0 Å². The molecule has 1 aliphatic rings. The summed E-state index contributed by atoms with van der Waals surface area (Å²) in [6.45, 7) is 0.612. The lowest BCUT2D eigenvalue weighted by molar-refractivity contribution is 0.102. The number of carbonyl (C=O) groups is 1. The zero-order valence-corrected chi connectivity index (χ0v) is 15.8. The van der Waals surface area contributed by atoms with Crippen LogP contribution >= 0.6 is 0 Å². The lowest BCUT2D eigenvalue weighted by atomic mass is 10.1. The Labute approximate surface area is 159 Å². The van der Waals surface area contributed by atoms with Gasteiger partial charge in [0.25, 0.3) is 5.91 Å². The number of carbonyl (C=O) groups excluding carboxylic acids is 1. The number of nitrogens with zero attached hydrogens (tertiary/aromatic N) is 3. The number of fused-ring (bicyclic) bond motifs is 1. The Bertz CT molecular complexity index is 957. The molecule has 2 aromatic carbocycles. The monoisotopic (exact) mass is 360 g/mol. The summed E-state index contributed by atoms with van der Waals surface area (Å²) in [6, 6.07) is 16.2. The van der Waals surface area contributed by atoms with Crippen molar-refractivity contribution >= 4 is 17.4 Å². The number of anilines is 2. The summed E-state index contributed by atoms with van der Waals surface area (Å²) in [5, 5.41) is 7.37. The predicted octanol–water partition coefficient (Wildman–Crippen LogP) is 3.74. The van der Waals surface area contributed by atoms with E-state index < -0.39 is 0 Å². The summed E-state index contributed by atoms with van der Waals surface area (Å²) in [4.78, 5) is 14.7. The van der Waals surface area contributed by atoms with Gasteiger partial charge in [0.05, 0.1) is 12.7 Å². The van der Waals surface area contributed by atoms with Crippen LogP contribution in [0, 0.1) is 0 Å². The third-order valence-electron chi connectivity index (χ3n) is 5.10. The number of aryl methyl sites for hydroxylation is 2. The van der Waals surface area contributed by atoms with Crippen LogP contribution in [0.2, 0.25) is 0 Å². The van der Waals surface area contributed by atoms with Crippen molar-refractivity contribution in [2.45, 2.75) is 25.8 Å². The van der Waals surface area contributed by atoms with Crippen molar-refractivity contribution in [2.24, 2.45) is 0 Å². The van der Waals surface area contributed by atoms with Gasteiger partial charge < -0.3 is 10.2 Å². The van der Waals surface area contributed by atoms with Crippen LogP contribution in [0.3, 0.4) is 0 Å². The van der Waals surface area contributed by atoms with E-state index in [1.54, 1.807) is 6.20 Å². The third kappa shape index (κ3) is 3.72. The van der Waals surface area contributed by atoms with Gasteiger partial charge in [0.1, 0.15) is 5.82 Å². The standard InChI is InChI=1S/C22H24N4O/c1-25(2)20-10-6-16(7-11-20)15-26-21(12-13-23-26)24-22(27)19-9-8-17-4-3-5-18(17)14-19/h6-14H,3-5,15H2,1-2H3,(H,24,27). The van der Waals surface area contributed by atoms with E-state index in [9.17, 15) is 4.79 Å². The lowest BCUT2D eigenvalue weighted by Crippen LogP contribution is -2.16. The maximum Gasteiger partial charge on any atom is 0.256 e. The molecule has 1 aromatic heterocycles. The normalized spacial score (nSPS) is 12.7. The Balaban J connectivity index is 1.47. The molecule has 0 saturated carbocycles. The smallest absolute Gasteiger partial charge is 0.256 e. The highest BCUT2D eigenvalue weighted by Gasteiger charge is 2.15. The van der Waals surface area contributed by atoms with Crippen molar-refractivity contribution in [2.75, 3.05) is 24.3 Å². The van der Waals surface area contributed by atoms with Gasteiger partial charge in [-0.1, -0.05) is 18.2 Å². The van der Waals surface area contributed by atoms with Gasteiger partial charge in [0, 0.05) is 31.4 Å². The number of amides is 1. The van der Waals surface area contributed by atoms with Gasteiger partial charge in [0.2, 0.25) is 0 Å². The van der Waals surface area contributed by atoms with Crippen LogP contribution in [0.4, 0.5) is 11.5 Å². The van der Waals surface area contributed by atoms with Crippen LogP contribution in [-0.2, 0) is 19.4 Å². The number of hydrogen-bond donors (Lipinski definition) is 1. The number of aromatic nitrogens is 2. The van der Waals surface area contributed by atoms with Gasteiger partial charge in [-0.3, -0.25) is 4.79 Å². The first-order valence-electron chi connectivity index (χ1n) is 9.31. The minimum atomic E-state index is -0.0885. The molecule has 1 N–H and O–H groups in total. The van der Waals surface area contributed by atoms with Crippen molar-refractivity contribution in [1.29, 1.82) is 0 Å².